The van der Waals surface area contributed by atoms with Gasteiger partial charge in [-0.3, -0.25) is 14.9 Å². The van der Waals surface area contributed by atoms with Crippen molar-refractivity contribution >= 4 is 17.8 Å². The second-order valence-electron chi connectivity index (χ2n) is 7.51. The zero-order chi connectivity index (χ0) is 24.6. The molecule has 5 atom stereocenters. The monoisotopic (exact) mass is 393 g/mol. The number of aliphatic carboxylic acids is 2. The fourth-order valence-corrected chi connectivity index (χ4v) is 4.39. The third-order valence-corrected chi connectivity index (χ3v) is 5.73. The lowest BCUT2D eigenvalue weighted by molar-refractivity contribution is -0.151. The van der Waals surface area contributed by atoms with Gasteiger partial charge in [0.05, 0.1) is 12.9 Å². The van der Waals surface area contributed by atoms with Gasteiger partial charge in [0.15, 0.2) is 0 Å². The van der Waals surface area contributed by atoms with Gasteiger partial charge in [0.25, 0.3) is 0 Å². The van der Waals surface area contributed by atoms with Crippen LogP contribution in [0.5, 0.6) is 0 Å². The van der Waals surface area contributed by atoms with E-state index >= 15 is 0 Å². The molecule has 0 bridgehead atoms. The van der Waals surface area contributed by atoms with Crippen LogP contribution in [0.4, 0.5) is 0 Å². The summed E-state index contributed by atoms with van der Waals surface area (Å²) < 4.78 is 39.1. The average molecular weight is 393 g/mol. The van der Waals surface area contributed by atoms with Crippen molar-refractivity contribution in [1.82, 2.24) is 10.2 Å². The quantitative estimate of drug-likeness (QED) is 0.623. The highest BCUT2D eigenvalue weighted by atomic mass is 16.4. The molecule has 28 heavy (non-hydrogen) atoms. The number of nitrogens with one attached hydrogen (secondary N) is 1. The number of hydrogen-bond donors (Lipinski definition) is 3. The molecule has 0 aromatic heterocycles. The highest BCUT2D eigenvalue weighted by Crippen LogP contribution is 2.41. The molecule has 1 aliphatic heterocycles. The zero-order valence-corrected chi connectivity index (χ0v) is 15.7. The Balaban J connectivity index is 1.73. The zero-order valence-electron chi connectivity index (χ0n) is 20.7. The number of hydrogen-bond acceptors (Lipinski definition) is 4. The van der Waals surface area contributed by atoms with Crippen LogP contribution >= 0.6 is 0 Å². The van der Waals surface area contributed by atoms with Gasteiger partial charge < -0.3 is 15.1 Å². The number of carbonyl (C=O) groups excluding carboxylic acids is 1. The molecule has 1 saturated heterocycles. The highest BCUT2D eigenvalue weighted by molar-refractivity contribution is 5.88. The lowest BCUT2D eigenvalue weighted by Gasteiger charge is -2.31. The van der Waals surface area contributed by atoms with Crippen molar-refractivity contribution in [2.24, 2.45) is 5.92 Å². The van der Waals surface area contributed by atoms with Gasteiger partial charge in [0.2, 0.25) is 5.91 Å². The van der Waals surface area contributed by atoms with E-state index in [1.165, 1.54) is 11.8 Å². The van der Waals surface area contributed by atoms with Gasteiger partial charge >= 0.3 is 11.9 Å². The van der Waals surface area contributed by atoms with E-state index in [2.05, 4.69) is 5.32 Å². The molecule has 1 amide bonds. The second-order valence-corrected chi connectivity index (χ2v) is 7.51. The molecular formula is C21H28N2O5. The van der Waals surface area contributed by atoms with E-state index in [-0.39, 0.29) is 42.4 Å². The molecule has 7 nitrogen and oxygen atoms in total. The lowest BCUT2D eigenvalue weighted by atomic mass is 10.0. The summed E-state index contributed by atoms with van der Waals surface area (Å²) in [5, 5.41) is 22.0. The van der Waals surface area contributed by atoms with Crippen molar-refractivity contribution in [2.45, 2.75) is 69.6 Å². The molecule has 0 unspecified atom stereocenters. The number of carbonyl (C=O) groups is 3. The van der Waals surface area contributed by atoms with Crippen LogP contribution in [-0.4, -0.2) is 57.1 Å². The van der Waals surface area contributed by atoms with Crippen LogP contribution in [0.3, 0.4) is 0 Å². The first-order chi connectivity index (χ1) is 15.5. The number of carboxylic acid groups (broad SMARTS) is 2. The van der Waals surface area contributed by atoms with Gasteiger partial charge in [0, 0.05) is 6.04 Å². The molecule has 1 heterocycles. The number of fused-ring (bicyclic) bond motifs is 1. The minimum Gasteiger partial charge on any atom is -0.480 e. The molecule has 2 aliphatic rings. The van der Waals surface area contributed by atoms with E-state index in [0.29, 0.717) is 6.42 Å². The number of carboxylic acids is 2. The molecule has 3 rings (SSSR count). The fourth-order valence-electron chi connectivity index (χ4n) is 4.39. The minimum absolute atomic E-state index is 0.00677. The van der Waals surface area contributed by atoms with Gasteiger partial charge in [-0.15, -0.1) is 0 Å². The Labute approximate surface area is 171 Å². The summed E-state index contributed by atoms with van der Waals surface area (Å²) in [4.78, 5) is 38.1. The van der Waals surface area contributed by atoms with Crippen molar-refractivity contribution in [3.8, 4) is 0 Å². The van der Waals surface area contributed by atoms with Crippen LogP contribution in [0.1, 0.15) is 51.4 Å². The SMILES string of the molecule is [2H]c1c([2H])c([2H])c(CC[C@@H](N[C@@H](C)C(=O)N2[C@H](C(=O)O)C[C@@H]3CCC[C@@H]32)C(=O)O)c([2H])c1[2H]. The Kier molecular flexibility index (Phi) is 4.54. The van der Waals surface area contributed by atoms with E-state index in [9.17, 15) is 24.6 Å². The number of rotatable bonds is 8. The van der Waals surface area contributed by atoms with Crippen LogP contribution < -0.4 is 5.32 Å². The largest absolute Gasteiger partial charge is 0.480 e. The van der Waals surface area contributed by atoms with E-state index in [1.807, 2.05) is 0 Å². The molecule has 2 fully saturated rings. The molecule has 0 radical (unpaired) electrons. The van der Waals surface area contributed by atoms with Crippen molar-refractivity contribution in [3.05, 3.63) is 35.8 Å². The van der Waals surface area contributed by atoms with Crippen LogP contribution in [0, 0.1) is 5.92 Å². The predicted octanol–water partition coefficient (Wildman–Crippen LogP) is 1.90. The number of amides is 1. The van der Waals surface area contributed by atoms with Gasteiger partial charge in [-0.05, 0) is 50.5 Å². The fraction of sp³-hybridized carbons (Fsp3) is 0.571. The molecule has 1 aliphatic carbocycles. The molecule has 1 aromatic carbocycles. The van der Waals surface area contributed by atoms with Crippen LogP contribution in [0.25, 0.3) is 0 Å². The average Bonchev–Trinajstić information content (AvgIpc) is 3.36. The van der Waals surface area contributed by atoms with Gasteiger partial charge in [0.1, 0.15) is 12.1 Å². The summed E-state index contributed by atoms with van der Waals surface area (Å²) in [6.45, 7) is 1.49. The van der Waals surface area contributed by atoms with E-state index < -0.39 is 54.1 Å². The first kappa shape index (κ1) is 14.6. The minimum atomic E-state index is -1.25. The predicted molar refractivity (Wildman–Crippen MR) is 103 cm³/mol. The maximum Gasteiger partial charge on any atom is 0.326 e. The summed E-state index contributed by atoms with van der Waals surface area (Å²) >= 11 is 0. The Bertz CT molecular complexity index is 946. The van der Waals surface area contributed by atoms with Gasteiger partial charge in [-0.1, -0.05) is 36.6 Å². The van der Waals surface area contributed by atoms with Crippen molar-refractivity contribution in [2.75, 3.05) is 0 Å². The Hall–Kier alpha value is -2.41. The van der Waals surface area contributed by atoms with Crippen molar-refractivity contribution in [3.63, 3.8) is 0 Å². The van der Waals surface area contributed by atoms with Crippen molar-refractivity contribution < 1.29 is 31.5 Å². The number of likely N-dealkylation sites (tertiary alicyclic amines) is 1. The molecule has 1 aromatic rings. The standard InChI is InChI=1S/C21H28N2O5/c1-13(22-16(20(25)26)11-10-14-6-3-2-4-7-14)19(24)23-17-9-5-8-15(17)12-18(23)21(27)28/h2-4,6-7,13,15-18,22H,5,8-12H2,1H3,(H,25,26)(H,27,28)/t13-,15-,16+,17-,18-/m0/s1/i2D,3D,4D,6D,7D. The first-order valence-corrected chi connectivity index (χ1v) is 9.55. The maximum atomic E-state index is 13.1. The second kappa shape index (κ2) is 8.73. The summed E-state index contributed by atoms with van der Waals surface area (Å²) in [6, 6.07) is -5.55. The summed E-state index contributed by atoms with van der Waals surface area (Å²) in [5.74, 6) is -2.65. The van der Waals surface area contributed by atoms with E-state index in [4.69, 9.17) is 6.85 Å². The number of nitrogens with zero attached hydrogens (tertiary/aromatic N) is 1. The normalized spacial score (nSPS) is 28.4. The van der Waals surface area contributed by atoms with Crippen LogP contribution in [0.2, 0.25) is 0 Å². The Morgan fingerprint density at radius 3 is 2.61 bits per heavy atom. The Morgan fingerprint density at radius 2 is 1.96 bits per heavy atom. The molecule has 152 valence electrons. The van der Waals surface area contributed by atoms with E-state index in [0.717, 1.165) is 19.3 Å². The Morgan fingerprint density at radius 1 is 1.25 bits per heavy atom. The van der Waals surface area contributed by atoms with Crippen LogP contribution in [-0.2, 0) is 20.8 Å². The molecule has 3 N–H and O–H groups in total. The highest BCUT2D eigenvalue weighted by Gasteiger charge is 2.49. The summed E-state index contributed by atoms with van der Waals surface area (Å²) in [5.41, 5.74) is 0.00677. The molecule has 1 saturated carbocycles. The van der Waals surface area contributed by atoms with Crippen molar-refractivity contribution in [1.29, 1.82) is 0 Å². The number of benzene rings is 1. The molecule has 0 spiro atoms. The third kappa shape index (κ3) is 4.35. The third-order valence-electron chi connectivity index (χ3n) is 5.73. The topological polar surface area (TPSA) is 107 Å². The van der Waals surface area contributed by atoms with Crippen LogP contribution in [0.15, 0.2) is 30.2 Å². The first-order valence-electron chi connectivity index (χ1n) is 12.0. The van der Waals surface area contributed by atoms with E-state index in [1.54, 1.807) is 0 Å². The summed E-state index contributed by atoms with van der Waals surface area (Å²) in [7, 11) is 0. The van der Waals surface area contributed by atoms with Gasteiger partial charge in [-0.25, -0.2) is 4.79 Å². The lowest BCUT2D eigenvalue weighted by Crippen LogP contribution is -2.55. The smallest absolute Gasteiger partial charge is 0.326 e. The summed E-state index contributed by atoms with van der Waals surface area (Å²) in [6.07, 6.45) is 2.70. The molecular weight excluding hydrogens is 360 g/mol. The maximum absolute atomic E-state index is 13.1. The molecule has 7 heteroatoms. The van der Waals surface area contributed by atoms with Gasteiger partial charge in [-0.2, -0.15) is 0 Å².